The normalized spacial score (nSPS) is 15.7. The SMILES string of the molecule is CCCCCCCCCCCCCCCc1ccc(OCC(O)CN2CCNCC2)cc1. The van der Waals surface area contributed by atoms with E-state index < -0.39 is 6.10 Å². The highest BCUT2D eigenvalue weighted by Crippen LogP contribution is 2.16. The number of nitrogens with one attached hydrogen (secondary N) is 1. The Kier molecular flexibility index (Phi) is 15.6. The first kappa shape index (κ1) is 27.1. The number of ether oxygens (including phenoxy) is 1. The summed E-state index contributed by atoms with van der Waals surface area (Å²) < 4.78 is 5.79. The van der Waals surface area contributed by atoms with E-state index in [-0.39, 0.29) is 0 Å². The maximum atomic E-state index is 10.2. The Labute approximate surface area is 198 Å². The summed E-state index contributed by atoms with van der Waals surface area (Å²) in [6, 6.07) is 8.46. The summed E-state index contributed by atoms with van der Waals surface area (Å²) in [6.45, 7) is 7.37. The Balaban J connectivity index is 1.42. The average molecular weight is 447 g/mol. The van der Waals surface area contributed by atoms with Crippen molar-refractivity contribution < 1.29 is 9.84 Å². The van der Waals surface area contributed by atoms with Crippen LogP contribution in [-0.2, 0) is 6.42 Å². The summed E-state index contributed by atoms with van der Waals surface area (Å²) in [5.74, 6) is 0.860. The number of benzene rings is 1. The Morgan fingerprint density at radius 1 is 0.812 bits per heavy atom. The van der Waals surface area contributed by atoms with Crippen molar-refractivity contribution in [3.05, 3.63) is 29.8 Å². The number of aliphatic hydroxyl groups is 1. The highest BCUT2D eigenvalue weighted by Gasteiger charge is 2.14. The Hall–Kier alpha value is -1.10. The van der Waals surface area contributed by atoms with Gasteiger partial charge >= 0.3 is 0 Å². The van der Waals surface area contributed by atoms with Crippen molar-refractivity contribution in [3.8, 4) is 5.75 Å². The lowest BCUT2D eigenvalue weighted by atomic mass is 10.0. The number of hydrogen-bond acceptors (Lipinski definition) is 4. The molecule has 1 aliphatic heterocycles. The molecule has 1 heterocycles. The Bertz CT molecular complexity index is 543. The predicted molar refractivity (Wildman–Crippen MR) is 137 cm³/mol. The molecule has 32 heavy (non-hydrogen) atoms. The summed E-state index contributed by atoms with van der Waals surface area (Å²) in [4.78, 5) is 2.29. The molecular formula is C28H50N2O2. The molecule has 0 saturated carbocycles. The van der Waals surface area contributed by atoms with E-state index in [2.05, 4.69) is 41.4 Å². The minimum Gasteiger partial charge on any atom is -0.491 e. The molecule has 4 heteroatoms. The van der Waals surface area contributed by atoms with E-state index in [4.69, 9.17) is 4.74 Å². The zero-order valence-electron chi connectivity index (χ0n) is 20.8. The molecular weight excluding hydrogens is 396 g/mol. The van der Waals surface area contributed by atoms with Crippen LogP contribution in [0.15, 0.2) is 24.3 Å². The smallest absolute Gasteiger partial charge is 0.119 e. The molecule has 2 N–H and O–H groups in total. The average Bonchev–Trinajstić information content (AvgIpc) is 2.82. The molecule has 0 radical (unpaired) electrons. The van der Waals surface area contributed by atoms with Crippen molar-refractivity contribution >= 4 is 0 Å². The van der Waals surface area contributed by atoms with Gasteiger partial charge in [0.25, 0.3) is 0 Å². The molecule has 0 aliphatic carbocycles. The fraction of sp³-hybridized carbons (Fsp3) is 0.786. The fourth-order valence-corrected chi connectivity index (χ4v) is 4.54. The molecule has 0 aromatic heterocycles. The maximum absolute atomic E-state index is 10.2. The monoisotopic (exact) mass is 446 g/mol. The molecule has 1 atom stereocenters. The van der Waals surface area contributed by atoms with E-state index >= 15 is 0 Å². The van der Waals surface area contributed by atoms with E-state index in [1.165, 1.54) is 89.0 Å². The van der Waals surface area contributed by atoms with Gasteiger partial charge in [-0.25, -0.2) is 0 Å². The first-order chi connectivity index (χ1) is 15.8. The van der Waals surface area contributed by atoms with Gasteiger partial charge in [0.2, 0.25) is 0 Å². The molecule has 184 valence electrons. The van der Waals surface area contributed by atoms with E-state index in [0.29, 0.717) is 13.2 Å². The van der Waals surface area contributed by atoms with E-state index in [0.717, 1.165) is 38.3 Å². The van der Waals surface area contributed by atoms with E-state index in [9.17, 15) is 5.11 Å². The third-order valence-corrected chi connectivity index (χ3v) is 6.61. The number of nitrogens with zero attached hydrogens (tertiary/aromatic N) is 1. The van der Waals surface area contributed by atoms with Gasteiger partial charge in [-0.15, -0.1) is 0 Å². The van der Waals surface area contributed by atoms with Gasteiger partial charge < -0.3 is 15.2 Å². The van der Waals surface area contributed by atoms with Crippen LogP contribution in [0, 0.1) is 0 Å². The number of unbranched alkanes of at least 4 members (excludes halogenated alkanes) is 12. The minimum absolute atomic E-state index is 0.363. The van der Waals surface area contributed by atoms with Gasteiger partial charge in [-0.05, 0) is 30.5 Å². The second-order valence-corrected chi connectivity index (χ2v) is 9.65. The first-order valence-electron chi connectivity index (χ1n) is 13.6. The van der Waals surface area contributed by atoms with Crippen LogP contribution in [0.2, 0.25) is 0 Å². The van der Waals surface area contributed by atoms with Crippen molar-refractivity contribution in [3.63, 3.8) is 0 Å². The van der Waals surface area contributed by atoms with E-state index in [1.54, 1.807) is 0 Å². The number of hydrogen-bond donors (Lipinski definition) is 2. The van der Waals surface area contributed by atoms with Crippen LogP contribution < -0.4 is 10.1 Å². The second-order valence-electron chi connectivity index (χ2n) is 9.65. The van der Waals surface area contributed by atoms with Crippen LogP contribution in [0.4, 0.5) is 0 Å². The topological polar surface area (TPSA) is 44.7 Å². The molecule has 1 aromatic rings. The highest BCUT2D eigenvalue weighted by molar-refractivity contribution is 5.27. The molecule has 4 nitrogen and oxygen atoms in total. The molecule has 1 saturated heterocycles. The van der Waals surface area contributed by atoms with Gasteiger partial charge in [-0.2, -0.15) is 0 Å². The van der Waals surface area contributed by atoms with Gasteiger partial charge in [-0.3, -0.25) is 4.90 Å². The van der Waals surface area contributed by atoms with Crippen LogP contribution in [0.3, 0.4) is 0 Å². The van der Waals surface area contributed by atoms with Crippen LogP contribution in [0.25, 0.3) is 0 Å². The molecule has 1 fully saturated rings. The van der Waals surface area contributed by atoms with Crippen molar-refractivity contribution in [2.24, 2.45) is 0 Å². The fourth-order valence-electron chi connectivity index (χ4n) is 4.54. The summed E-state index contributed by atoms with van der Waals surface area (Å²) >= 11 is 0. The van der Waals surface area contributed by atoms with Crippen LogP contribution >= 0.6 is 0 Å². The molecule has 2 rings (SSSR count). The van der Waals surface area contributed by atoms with E-state index in [1.807, 2.05) is 0 Å². The van der Waals surface area contributed by atoms with Gasteiger partial charge in [0.05, 0.1) is 0 Å². The van der Waals surface area contributed by atoms with Crippen molar-refractivity contribution in [1.29, 1.82) is 0 Å². The lowest BCUT2D eigenvalue weighted by molar-refractivity contribution is 0.0641. The van der Waals surface area contributed by atoms with Gasteiger partial charge in [-0.1, -0.05) is 96.1 Å². The highest BCUT2D eigenvalue weighted by atomic mass is 16.5. The van der Waals surface area contributed by atoms with Crippen molar-refractivity contribution in [1.82, 2.24) is 10.2 Å². The zero-order valence-corrected chi connectivity index (χ0v) is 20.8. The van der Waals surface area contributed by atoms with Gasteiger partial charge in [0.15, 0.2) is 0 Å². The minimum atomic E-state index is -0.432. The number of rotatable bonds is 19. The third-order valence-electron chi connectivity index (χ3n) is 6.61. The molecule has 0 spiro atoms. The van der Waals surface area contributed by atoms with Gasteiger partial charge in [0, 0.05) is 32.7 Å². The second kappa shape index (κ2) is 18.3. The van der Waals surface area contributed by atoms with Crippen LogP contribution in [0.5, 0.6) is 5.75 Å². The number of piperazine rings is 1. The number of aryl methyl sites for hydroxylation is 1. The van der Waals surface area contributed by atoms with Crippen LogP contribution in [-0.4, -0.2) is 55.4 Å². The summed E-state index contributed by atoms with van der Waals surface area (Å²) in [7, 11) is 0. The van der Waals surface area contributed by atoms with Crippen LogP contribution in [0.1, 0.15) is 96.0 Å². The Morgan fingerprint density at radius 2 is 1.34 bits per heavy atom. The first-order valence-corrected chi connectivity index (χ1v) is 13.6. The number of aliphatic hydroxyl groups excluding tert-OH is 1. The molecule has 0 amide bonds. The number of β-amino-alcohol motifs (C(OH)–C–C–N with tert-alkyl or cyclic N) is 1. The molecule has 0 bridgehead atoms. The lowest BCUT2D eigenvalue weighted by Gasteiger charge is -2.29. The quantitative estimate of drug-likeness (QED) is 0.257. The third kappa shape index (κ3) is 13.4. The van der Waals surface area contributed by atoms with Gasteiger partial charge in [0.1, 0.15) is 18.5 Å². The largest absolute Gasteiger partial charge is 0.491 e. The molecule has 1 aliphatic rings. The molecule has 1 aromatic carbocycles. The summed E-state index contributed by atoms with van der Waals surface area (Å²) in [5.41, 5.74) is 1.39. The van der Waals surface area contributed by atoms with Crippen molar-refractivity contribution in [2.75, 3.05) is 39.3 Å². The maximum Gasteiger partial charge on any atom is 0.119 e. The molecule has 1 unspecified atom stereocenters. The Morgan fingerprint density at radius 3 is 1.91 bits per heavy atom. The summed E-state index contributed by atoms with van der Waals surface area (Å²) in [6.07, 6.45) is 18.9. The zero-order chi connectivity index (χ0) is 22.7. The predicted octanol–water partition coefficient (Wildman–Crippen LogP) is 5.97. The van der Waals surface area contributed by atoms with Crippen molar-refractivity contribution in [2.45, 2.75) is 103 Å². The lowest BCUT2D eigenvalue weighted by Crippen LogP contribution is -2.47. The summed E-state index contributed by atoms with van der Waals surface area (Å²) in [5, 5.41) is 13.6. The standard InChI is InChI=1S/C28H50N2O2/c1-2-3-4-5-6-7-8-9-10-11-12-13-14-15-26-16-18-28(19-17-26)32-25-27(31)24-30-22-20-29-21-23-30/h16-19,27,29,31H,2-15,20-25H2,1H3.